The van der Waals surface area contributed by atoms with Gasteiger partial charge in [-0.3, -0.25) is 4.79 Å². The lowest BCUT2D eigenvalue weighted by Crippen LogP contribution is -2.09. The maximum Gasteiger partial charge on any atom is 0.305 e. The summed E-state index contributed by atoms with van der Waals surface area (Å²) in [6.07, 6.45) is 8.47. The molecule has 0 spiro atoms. The first-order valence-corrected chi connectivity index (χ1v) is 6.54. The first kappa shape index (κ1) is 15.4. The van der Waals surface area contributed by atoms with Gasteiger partial charge in [-0.25, -0.2) is 0 Å². The second kappa shape index (κ2) is 10.9. The molecule has 0 aromatic heterocycles. The summed E-state index contributed by atoms with van der Waals surface area (Å²) < 4.78 is 4.79. The summed E-state index contributed by atoms with van der Waals surface area (Å²) in [6, 6.07) is 0. The Morgan fingerprint density at radius 3 is 2.25 bits per heavy atom. The lowest BCUT2D eigenvalue weighted by Gasteiger charge is -2.14. The van der Waals surface area contributed by atoms with Crippen molar-refractivity contribution in [2.75, 3.05) is 6.61 Å². The number of hydrogen-bond acceptors (Lipinski definition) is 3. The molecule has 0 bridgehead atoms. The Balaban J connectivity index is 0.000000288. The number of hydrogen-bond donors (Lipinski definition) is 1. The predicted molar refractivity (Wildman–Crippen MR) is 65.2 cm³/mol. The first-order chi connectivity index (χ1) is 7.70. The van der Waals surface area contributed by atoms with Crippen molar-refractivity contribution in [1.82, 2.24) is 0 Å². The number of ether oxygens (including phenoxy) is 1. The number of carbonyl (C=O) groups excluding carboxylic acids is 1. The van der Waals surface area contributed by atoms with Gasteiger partial charge in [-0.1, -0.05) is 39.5 Å². The molecule has 1 aliphatic carbocycles. The summed E-state index contributed by atoms with van der Waals surface area (Å²) in [7, 11) is 0. The van der Waals surface area contributed by atoms with Gasteiger partial charge in [-0.15, -0.1) is 0 Å². The van der Waals surface area contributed by atoms with E-state index in [1.54, 1.807) is 6.92 Å². The Morgan fingerprint density at radius 1 is 1.25 bits per heavy atom. The molecule has 0 aromatic carbocycles. The largest absolute Gasteiger partial charge is 0.466 e. The van der Waals surface area contributed by atoms with Gasteiger partial charge in [0.1, 0.15) is 0 Å². The van der Waals surface area contributed by atoms with Crippen LogP contribution in [0.4, 0.5) is 0 Å². The SMILES string of the molecule is CCCCOC(=O)CC.OC1CCCCC1. The molecule has 96 valence electrons. The van der Waals surface area contributed by atoms with Gasteiger partial charge >= 0.3 is 5.97 Å². The van der Waals surface area contributed by atoms with Crippen LogP contribution in [0.1, 0.15) is 65.2 Å². The zero-order valence-electron chi connectivity index (χ0n) is 10.7. The molecule has 3 nitrogen and oxygen atoms in total. The molecule has 16 heavy (non-hydrogen) atoms. The van der Waals surface area contributed by atoms with Gasteiger partial charge in [0.2, 0.25) is 0 Å². The topological polar surface area (TPSA) is 46.5 Å². The van der Waals surface area contributed by atoms with Crippen LogP contribution < -0.4 is 0 Å². The second-order valence-electron chi connectivity index (χ2n) is 4.22. The van der Waals surface area contributed by atoms with Crippen LogP contribution in [-0.4, -0.2) is 23.8 Å². The number of rotatable bonds is 4. The van der Waals surface area contributed by atoms with E-state index in [4.69, 9.17) is 9.84 Å². The van der Waals surface area contributed by atoms with Crippen molar-refractivity contribution in [2.24, 2.45) is 0 Å². The Kier molecular flexibility index (Phi) is 10.5. The third kappa shape index (κ3) is 9.97. The van der Waals surface area contributed by atoms with Gasteiger partial charge in [0.05, 0.1) is 12.7 Å². The monoisotopic (exact) mass is 230 g/mol. The first-order valence-electron chi connectivity index (χ1n) is 6.54. The molecule has 3 heteroatoms. The third-order valence-corrected chi connectivity index (χ3v) is 2.62. The summed E-state index contributed by atoms with van der Waals surface area (Å²) in [6.45, 7) is 4.46. The highest BCUT2D eigenvalue weighted by Gasteiger charge is 2.07. The number of carbonyl (C=O) groups is 1. The van der Waals surface area contributed by atoms with E-state index in [2.05, 4.69) is 6.92 Å². The summed E-state index contributed by atoms with van der Waals surface area (Å²) in [5.74, 6) is -0.0940. The number of esters is 1. The minimum Gasteiger partial charge on any atom is -0.466 e. The van der Waals surface area contributed by atoms with Crippen LogP contribution in [0.5, 0.6) is 0 Å². The van der Waals surface area contributed by atoms with Crippen LogP contribution in [0.3, 0.4) is 0 Å². The molecule has 1 N–H and O–H groups in total. The van der Waals surface area contributed by atoms with Crippen LogP contribution in [0.15, 0.2) is 0 Å². The average Bonchev–Trinajstić information content (AvgIpc) is 2.31. The smallest absolute Gasteiger partial charge is 0.305 e. The highest BCUT2D eigenvalue weighted by molar-refractivity contribution is 5.68. The molecule has 0 unspecified atom stereocenters. The molecule has 1 aliphatic rings. The minimum absolute atomic E-state index is 0.0359. The van der Waals surface area contributed by atoms with Gasteiger partial charge in [0.25, 0.3) is 0 Å². The Bertz CT molecular complexity index is 163. The van der Waals surface area contributed by atoms with Crippen LogP contribution in [0, 0.1) is 0 Å². The molecule has 0 saturated heterocycles. The lowest BCUT2D eigenvalue weighted by atomic mass is 9.98. The Hall–Kier alpha value is -0.570. The molecule has 1 fully saturated rings. The minimum atomic E-state index is -0.0940. The van der Waals surface area contributed by atoms with Crippen LogP contribution in [0.2, 0.25) is 0 Å². The summed E-state index contributed by atoms with van der Waals surface area (Å²) in [4.78, 5) is 10.5. The van der Waals surface area contributed by atoms with Crippen molar-refractivity contribution in [3.8, 4) is 0 Å². The average molecular weight is 230 g/mol. The van der Waals surface area contributed by atoms with E-state index >= 15 is 0 Å². The van der Waals surface area contributed by atoms with Crippen molar-refractivity contribution in [3.05, 3.63) is 0 Å². The van der Waals surface area contributed by atoms with E-state index in [1.165, 1.54) is 19.3 Å². The Morgan fingerprint density at radius 2 is 1.88 bits per heavy atom. The van der Waals surface area contributed by atoms with Crippen molar-refractivity contribution < 1.29 is 14.6 Å². The fourth-order valence-corrected chi connectivity index (χ4v) is 1.51. The van der Waals surface area contributed by atoms with E-state index < -0.39 is 0 Å². The van der Waals surface area contributed by atoms with Gasteiger partial charge in [0, 0.05) is 6.42 Å². The molecule has 1 saturated carbocycles. The van der Waals surface area contributed by atoms with Crippen LogP contribution in [-0.2, 0) is 9.53 Å². The molecule has 0 atom stereocenters. The maximum atomic E-state index is 10.5. The molecular weight excluding hydrogens is 204 g/mol. The van der Waals surface area contributed by atoms with Gasteiger partial charge < -0.3 is 9.84 Å². The molecule has 0 amide bonds. The highest BCUT2D eigenvalue weighted by atomic mass is 16.5. The van der Waals surface area contributed by atoms with Crippen molar-refractivity contribution in [2.45, 2.75) is 71.3 Å². The summed E-state index contributed by atoms with van der Waals surface area (Å²) in [5.41, 5.74) is 0. The number of aliphatic hydroxyl groups is 1. The standard InChI is InChI=1S/C7H14O2.C6H12O/c1-3-5-6-9-7(8)4-2;7-6-4-2-1-3-5-6/h3-6H2,1-2H3;6-7H,1-5H2. The quantitative estimate of drug-likeness (QED) is 0.596. The fraction of sp³-hybridized carbons (Fsp3) is 0.923. The zero-order valence-corrected chi connectivity index (χ0v) is 10.7. The highest BCUT2D eigenvalue weighted by Crippen LogP contribution is 2.16. The predicted octanol–water partition coefficient (Wildman–Crippen LogP) is 3.05. The van der Waals surface area contributed by atoms with Gasteiger partial charge in [-0.05, 0) is 19.3 Å². The van der Waals surface area contributed by atoms with Crippen LogP contribution in [0.25, 0.3) is 0 Å². The lowest BCUT2D eigenvalue weighted by molar-refractivity contribution is -0.143. The van der Waals surface area contributed by atoms with E-state index in [-0.39, 0.29) is 12.1 Å². The van der Waals surface area contributed by atoms with E-state index in [1.807, 2.05) is 0 Å². The van der Waals surface area contributed by atoms with Crippen molar-refractivity contribution in [3.63, 3.8) is 0 Å². The molecular formula is C13H26O3. The Labute approximate surface area is 99.2 Å². The van der Waals surface area contributed by atoms with Crippen molar-refractivity contribution in [1.29, 1.82) is 0 Å². The molecule has 0 heterocycles. The summed E-state index contributed by atoms with van der Waals surface area (Å²) >= 11 is 0. The fourth-order valence-electron chi connectivity index (χ4n) is 1.51. The van der Waals surface area contributed by atoms with Gasteiger partial charge in [-0.2, -0.15) is 0 Å². The van der Waals surface area contributed by atoms with Crippen LogP contribution >= 0.6 is 0 Å². The van der Waals surface area contributed by atoms with E-state index in [0.29, 0.717) is 13.0 Å². The number of unbranched alkanes of at least 4 members (excludes halogenated alkanes) is 1. The second-order valence-corrected chi connectivity index (χ2v) is 4.22. The normalized spacial score (nSPS) is 16.2. The van der Waals surface area contributed by atoms with Gasteiger partial charge in [0.15, 0.2) is 0 Å². The van der Waals surface area contributed by atoms with E-state index in [0.717, 1.165) is 25.7 Å². The molecule has 0 aromatic rings. The molecule has 1 rings (SSSR count). The van der Waals surface area contributed by atoms with Crippen molar-refractivity contribution >= 4 is 5.97 Å². The molecule has 0 radical (unpaired) electrons. The third-order valence-electron chi connectivity index (χ3n) is 2.62. The number of aliphatic hydroxyl groups excluding tert-OH is 1. The molecule has 0 aliphatic heterocycles. The van der Waals surface area contributed by atoms with E-state index in [9.17, 15) is 4.79 Å². The summed E-state index contributed by atoms with van der Waals surface area (Å²) in [5, 5.41) is 8.91. The maximum absolute atomic E-state index is 10.5. The zero-order chi connectivity index (χ0) is 12.2.